The Kier molecular flexibility index (Phi) is 6.50. The highest BCUT2D eigenvalue weighted by atomic mass is 32.2. The Morgan fingerprint density at radius 1 is 1.24 bits per heavy atom. The summed E-state index contributed by atoms with van der Waals surface area (Å²) in [6.45, 7) is 6.78. The lowest BCUT2D eigenvalue weighted by molar-refractivity contribution is -0.228. The molecule has 4 aliphatic carbocycles. The number of aliphatic hydroxyl groups excluding tert-OH is 1. The number of aliphatic hydroxyl groups is 1. The van der Waals surface area contributed by atoms with Gasteiger partial charge in [0.05, 0.1) is 12.7 Å². The van der Waals surface area contributed by atoms with Gasteiger partial charge >= 0.3 is 11.9 Å². The minimum atomic E-state index is -2.31. The van der Waals surface area contributed by atoms with E-state index in [1.165, 1.54) is 19.1 Å². The second-order valence-corrected chi connectivity index (χ2v) is 13.1. The molecule has 1 aliphatic heterocycles. The fraction of sp³-hybridized carbons (Fsp3) is 0.714. The van der Waals surface area contributed by atoms with Crippen molar-refractivity contribution in [3.63, 3.8) is 0 Å². The molecule has 0 spiro atoms. The molecule has 208 valence electrons. The summed E-state index contributed by atoms with van der Waals surface area (Å²) in [5.74, 6) is -3.76. The van der Waals surface area contributed by atoms with Crippen LogP contribution in [0.25, 0.3) is 0 Å². The van der Waals surface area contributed by atoms with E-state index < -0.39 is 80.2 Å². The second kappa shape index (κ2) is 8.98. The number of allylic oxidation sites excluding steroid dienone is 4. The molecule has 0 amide bonds. The Bertz CT molecular complexity index is 1150. The molecule has 0 bridgehead atoms. The largest absolute Gasteiger partial charge is 0.465 e. The van der Waals surface area contributed by atoms with Crippen LogP contribution in [0.3, 0.4) is 0 Å². The summed E-state index contributed by atoms with van der Waals surface area (Å²) in [6, 6.07) is 0. The number of hydrogen-bond donors (Lipinski definition) is 1. The topological polar surface area (TPSA) is 107 Å². The molecular weight excluding hydrogens is 518 g/mol. The molecule has 1 N–H and O–H groups in total. The Morgan fingerprint density at radius 2 is 1.95 bits per heavy atom. The second-order valence-electron chi connectivity index (χ2n) is 11.9. The lowest BCUT2D eigenvalue weighted by Crippen LogP contribution is -2.70. The van der Waals surface area contributed by atoms with Gasteiger partial charge in [0.1, 0.15) is 11.4 Å². The zero-order valence-electron chi connectivity index (χ0n) is 22.0. The summed E-state index contributed by atoms with van der Waals surface area (Å²) in [5, 5.41) is 10.3. The van der Waals surface area contributed by atoms with Crippen molar-refractivity contribution < 1.29 is 42.5 Å². The lowest BCUT2D eigenvalue weighted by atomic mass is 9.44. The quantitative estimate of drug-likeness (QED) is 0.525. The third kappa shape index (κ3) is 3.41. The average molecular weight is 553 g/mol. The van der Waals surface area contributed by atoms with Crippen molar-refractivity contribution in [1.82, 2.24) is 0 Å². The van der Waals surface area contributed by atoms with E-state index in [4.69, 9.17) is 9.47 Å². The van der Waals surface area contributed by atoms with Gasteiger partial charge in [-0.05, 0) is 49.8 Å². The van der Waals surface area contributed by atoms with Gasteiger partial charge in [0.15, 0.2) is 17.1 Å². The molecule has 4 fully saturated rings. The van der Waals surface area contributed by atoms with E-state index in [9.17, 15) is 24.3 Å². The van der Waals surface area contributed by atoms with Gasteiger partial charge in [-0.3, -0.25) is 19.2 Å². The minimum absolute atomic E-state index is 0.00469. The number of alkyl halides is 2. The first-order valence-electron chi connectivity index (χ1n) is 13.3. The number of carbonyl (C=O) groups excluding carboxylic acids is 4. The normalized spacial score (nSPS) is 47.5. The van der Waals surface area contributed by atoms with Crippen molar-refractivity contribution >= 4 is 34.6 Å². The summed E-state index contributed by atoms with van der Waals surface area (Å²) < 4.78 is 44.2. The number of ketones is 1. The summed E-state index contributed by atoms with van der Waals surface area (Å²) in [7, 11) is 0. The van der Waals surface area contributed by atoms with Crippen LogP contribution in [0, 0.1) is 28.6 Å². The predicted octanol–water partition coefficient (Wildman–Crippen LogP) is 3.82. The fourth-order valence-corrected chi connectivity index (χ4v) is 9.56. The van der Waals surface area contributed by atoms with Crippen LogP contribution in [0.2, 0.25) is 0 Å². The van der Waals surface area contributed by atoms with Crippen molar-refractivity contribution in [2.45, 2.75) is 88.6 Å². The third-order valence-electron chi connectivity index (χ3n) is 10.2. The van der Waals surface area contributed by atoms with Crippen molar-refractivity contribution in [2.24, 2.45) is 28.6 Å². The van der Waals surface area contributed by atoms with Gasteiger partial charge in [-0.25, -0.2) is 8.78 Å². The number of carbonyl (C=O) groups is 4. The maximum Gasteiger partial charge on any atom is 0.319 e. The number of fused-ring (bicyclic) bond motifs is 5. The van der Waals surface area contributed by atoms with Crippen LogP contribution in [0.4, 0.5) is 8.78 Å². The number of hydrogen-bond acceptors (Lipinski definition) is 8. The fourth-order valence-electron chi connectivity index (χ4n) is 8.27. The van der Waals surface area contributed by atoms with Gasteiger partial charge in [-0.2, -0.15) is 0 Å². The Balaban J connectivity index is 1.61. The maximum atomic E-state index is 17.4. The molecule has 38 heavy (non-hydrogen) atoms. The molecule has 0 aromatic rings. The van der Waals surface area contributed by atoms with Gasteiger partial charge in [0.25, 0.3) is 0 Å². The maximum absolute atomic E-state index is 17.4. The molecule has 10 heteroatoms. The molecule has 0 aromatic heterocycles. The number of halogens is 2. The molecule has 5 aliphatic rings. The Hall–Kier alpha value is -2.07. The standard InChI is InChI=1S/C28H34F2O7S/c1-5-22(33)37-28(24(35)38-20-7-9-36-23(20)34)14(2)10-16-17-12-19(29)18-11-15(31)6-8-25(18,3)27(17,30)21(32)13-26(16,28)4/h6,8,11,14,16-17,19-21,32H,5,7,9-10,12-13H2,1-4H3/t14-,16+,17+,19+,20?,21+,25+,26+,27+,28+/m1/s1. The number of ether oxygens (including phenoxy) is 2. The van der Waals surface area contributed by atoms with Crippen LogP contribution in [0.5, 0.6) is 0 Å². The third-order valence-corrected chi connectivity index (χ3v) is 11.4. The molecular formula is C28H34F2O7S. The molecule has 3 saturated carbocycles. The predicted molar refractivity (Wildman–Crippen MR) is 134 cm³/mol. The molecule has 1 heterocycles. The van der Waals surface area contributed by atoms with Crippen LogP contribution in [0.15, 0.2) is 23.8 Å². The molecule has 7 nitrogen and oxygen atoms in total. The van der Waals surface area contributed by atoms with Crippen LogP contribution in [0.1, 0.15) is 59.8 Å². The van der Waals surface area contributed by atoms with E-state index in [0.29, 0.717) is 6.42 Å². The average Bonchev–Trinajstić information content (AvgIpc) is 3.35. The molecule has 0 aromatic carbocycles. The van der Waals surface area contributed by atoms with Crippen LogP contribution in [-0.4, -0.2) is 63.3 Å². The van der Waals surface area contributed by atoms with Crippen molar-refractivity contribution in [3.8, 4) is 0 Å². The van der Waals surface area contributed by atoms with Crippen molar-refractivity contribution in [3.05, 3.63) is 23.8 Å². The van der Waals surface area contributed by atoms with Crippen molar-refractivity contribution in [2.75, 3.05) is 6.61 Å². The van der Waals surface area contributed by atoms with Gasteiger partial charge in [-0.15, -0.1) is 0 Å². The van der Waals surface area contributed by atoms with E-state index in [1.807, 2.05) is 0 Å². The summed E-state index contributed by atoms with van der Waals surface area (Å²) in [6.07, 6.45) is 0.586. The summed E-state index contributed by atoms with van der Waals surface area (Å²) >= 11 is 0.772. The highest BCUT2D eigenvalue weighted by molar-refractivity contribution is 8.14. The zero-order valence-corrected chi connectivity index (χ0v) is 22.8. The molecule has 1 unspecified atom stereocenters. The Labute approximate surface area is 224 Å². The summed E-state index contributed by atoms with van der Waals surface area (Å²) in [5.41, 5.74) is -6.81. The molecule has 1 saturated heterocycles. The van der Waals surface area contributed by atoms with Crippen LogP contribution >= 0.6 is 11.8 Å². The Morgan fingerprint density at radius 3 is 2.58 bits per heavy atom. The molecule has 0 radical (unpaired) electrons. The van der Waals surface area contributed by atoms with Gasteiger partial charge in [0.2, 0.25) is 5.12 Å². The van der Waals surface area contributed by atoms with Gasteiger partial charge < -0.3 is 14.6 Å². The smallest absolute Gasteiger partial charge is 0.319 e. The van der Waals surface area contributed by atoms with Gasteiger partial charge in [-0.1, -0.05) is 38.6 Å². The number of rotatable bonds is 4. The first kappa shape index (κ1) is 27.5. The molecule has 5 rings (SSSR count). The first-order chi connectivity index (χ1) is 17.8. The van der Waals surface area contributed by atoms with E-state index in [1.54, 1.807) is 20.8 Å². The van der Waals surface area contributed by atoms with Gasteiger partial charge in [0, 0.05) is 35.5 Å². The van der Waals surface area contributed by atoms with Crippen molar-refractivity contribution in [1.29, 1.82) is 0 Å². The number of thioether (sulfide) groups is 1. The van der Waals surface area contributed by atoms with E-state index >= 15 is 8.78 Å². The number of esters is 2. The zero-order chi connectivity index (χ0) is 27.8. The number of cyclic esters (lactones) is 1. The summed E-state index contributed by atoms with van der Waals surface area (Å²) in [4.78, 5) is 51.1. The highest BCUT2D eigenvalue weighted by Gasteiger charge is 2.78. The SMILES string of the molecule is CCC(=O)O[C@]1(C(=O)SC2CCOC2=O)[C@H](C)C[C@H]2[C@@H]3C[C@H](F)C4=CC(=O)C=C[C@]4(C)[C@@]3(F)[C@@H](O)C[C@@]21C. The van der Waals surface area contributed by atoms with E-state index in [0.717, 1.165) is 17.8 Å². The first-order valence-corrected chi connectivity index (χ1v) is 14.2. The van der Waals surface area contributed by atoms with Crippen LogP contribution < -0.4 is 0 Å². The highest BCUT2D eigenvalue weighted by Crippen LogP contribution is 2.72. The monoisotopic (exact) mass is 552 g/mol. The molecule has 10 atom stereocenters. The van der Waals surface area contributed by atoms with E-state index in [-0.39, 0.29) is 37.9 Å². The minimum Gasteiger partial charge on any atom is -0.465 e. The lowest BCUT2D eigenvalue weighted by Gasteiger charge is -2.63. The van der Waals surface area contributed by atoms with Crippen LogP contribution in [-0.2, 0) is 28.7 Å². The van der Waals surface area contributed by atoms with E-state index in [2.05, 4.69) is 0 Å².